The second-order valence-electron chi connectivity index (χ2n) is 7.78. The first-order chi connectivity index (χ1) is 10.3. The molecular weight excluding hydrogens is 344 g/mol. The first-order valence-electron chi connectivity index (χ1n) is 7.96. The van der Waals surface area contributed by atoms with Crippen LogP contribution in [0.4, 0.5) is 0 Å². The molecule has 0 bridgehead atoms. The molecule has 1 fully saturated rings. The molecule has 3 nitrogen and oxygen atoms in total. The van der Waals surface area contributed by atoms with Gasteiger partial charge in [0.05, 0.1) is 11.0 Å². The van der Waals surface area contributed by atoms with Gasteiger partial charge in [-0.15, -0.1) is 23.5 Å². The average molecular weight is 375 g/mol. The van der Waals surface area contributed by atoms with Gasteiger partial charge in [-0.3, -0.25) is 9.59 Å². The van der Waals surface area contributed by atoms with Crippen molar-refractivity contribution in [3.63, 3.8) is 0 Å². The Hall–Kier alpha value is -0.203. The third-order valence-corrected chi connectivity index (χ3v) is 13.1. The van der Waals surface area contributed by atoms with Gasteiger partial charge in [0.2, 0.25) is 8.32 Å². The van der Waals surface area contributed by atoms with Gasteiger partial charge in [-0.1, -0.05) is 20.8 Å². The van der Waals surface area contributed by atoms with Crippen LogP contribution in [0.2, 0.25) is 18.1 Å². The molecule has 1 unspecified atom stereocenters. The van der Waals surface area contributed by atoms with Gasteiger partial charge in [-0.25, -0.2) is 0 Å². The Labute approximate surface area is 150 Å². The highest BCUT2D eigenvalue weighted by Gasteiger charge is 2.57. The average Bonchev–Trinajstić information content (AvgIpc) is 2.36. The monoisotopic (exact) mass is 374 g/mol. The van der Waals surface area contributed by atoms with Crippen LogP contribution in [0.5, 0.6) is 0 Å². The zero-order chi connectivity index (χ0) is 18.1. The molecule has 0 N–H and O–H groups in total. The van der Waals surface area contributed by atoms with E-state index in [1.54, 1.807) is 18.0 Å². The number of carbonyl (C=O) groups is 2. The summed E-state index contributed by atoms with van der Waals surface area (Å²) in [5.74, 6) is 1.60. The van der Waals surface area contributed by atoms with E-state index >= 15 is 0 Å². The fourth-order valence-corrected chi connectivity index (χ4v) is 6.44. The minimum absolute atomic E-state index is 0.0679. The second kappa shape index (κ2) is 6.96. The minimum Gasteiger partial charge on any atom is -0.549 e. The Morgan fingerprint density at radius 3 is 2.00 bits per heavy atom. The van der Waals surface area contributed by atoms with E-state index in [0.29, 0.717) is 0 Å². The number of hydrogen-bond acceptors (Lipinski definition) is 5. The summed E-state index contributed by atoms with van der Waals surface area (Å²) in [6.45, 7) is 16.0. The molecule has 1 aliphatic heterocycles. The Morgan fingerprint density at radius 1 is 1.09 bits per heavy atom. The summed E-state index contributed by atoms with van der Waals surface area (Å²) in [5.41, 5.74) is 0. The van der Waals surface area contributed by atoms with E-state index in [-0.39, 0.29) is 16.6 Å². The second-order valence-corrected chi connectivity index (χ2v) is 15.4. The number of ketones is 2. The number of carbonyl (C=O) groups excluding carboxylic acids is 2. The van der Waals surface area contributed by atoms with Crippen molar-refractivity contribution in [2.45, 2.75) is 69.2 Å². The molecule has 0 aromatic heterocycles. The fraction of sp³-hybridized carbons (Fsp3) is 0.765. The molecule has 1 atom stereocenters. The van der Waals surface area contributed by atoms with Gasteiger partial charge in [0, 0.05) is 11.5 Å². The van der Waals surface area contributed by atoms with Crippen molar-refractivity contribution in [2.75, 3.05) is 11.5 Å². The molecule has 1 rings (SSSR count). The number of Topliss-reactive ketones (excluding diaryl/α,β-unsaturated/α-hetero) is 2. The van der Waals surface area contributed by atoms with Gasteiger partial charge in [-0.05, 0) is 45.0 Å². The highest BCUT2D eigenvalue weighted by molar-refractivity contribution is 8.09. The summed E-state index contributed by atoms with van der Waals surface area (Å²) in [6, 6.07) is 0. The van der Waals surface area contributed by atoms with Gasteiger partial charge in [-0.2, -0.15) is 0 Å². The van der Waals surface area contributed by atoms with Gasteiger partial charge in [0.25, 0.3) is 0 Å². The van der Waals surface area contributed by atoms with E-state index < -0.39 is 17.8 Å². The zero-order valence-electron chi connectivity index (χ0n) is 15.6. The minimum atomic E-state index is -1.90. The lowest BCUT2D eigenvalue weighted by Gasteiger charge is -2.46. The van der Waals surface area contributed by atoms with Crippen molar-refractivity contribution in [3.8, 4) is 0 Å². The summed E-state index contributed by atoms with van der Waals surface area (Å²) < 4.78 is 4.54. The van der Waals surface area contributed by atoms with Crippen LogP contribution < -0.4 is 0 Å². The van der Waals surface area contributed by atoms with E-state index in [0.717, 1.165) is 11.5 Å². The molecule has 0 amide bonds. The molecule has 0 spiro atoms. The summed E-state index contributed by atoms with van der Waals surface area (Å²) in [6.07, 6.45) is 3.68. The van der Waals surface area contributed by atoms with E-state index in [2.05, 4.69) is 33.9 Å². The summed E-state index contributed by atoms with van der Waals surface area (Å²) >= 11 is 3.16. The van der Waals surface area contributed by atoms with Crippen molar-refractivity contribution >= 4 is 43.4 Å². The zero-order valence-corrected chi connectivity index (χ0v) is 18.2. The van der Waals surface area contributed by atoms with E-state index in [4.69, 9.17) is 4.43 Å². The van der Waals surface area contributed by atoms with Crippen molar-refractivity contribution in [2.24, 2.45) is 0 Å². The Bertz CT molecular complexity index is 494. The van der Waals surface area contributed by atoms with Crippen molar-refractivity contribution < 1.29 is 14.0 Å². The maximum Gasteiger partial charge on any atom is 0.249 e. The lowest BCUT2D eigenvalue weighted by Crippen LogP contribution is -2.58. The van der Waals surface area contributed by atoms with Gasteiger partial charge < -0.3 is 4.43 Å². The van der Waals surface area contributed by atoms with Crippen LogP contribution >= 0.6 is 23.5 Å². The molecule has 0 radical (unpaired) electrons. The van der Waals surface area contributed by atoms with Gasteiger partial charge in [0.1, 0.15) is 4.75 Å². The fourth-order valence-electron chi connectivity index (χ4n) is 2.52. The van der Waals surface area contributed by atoms with Crippen LogP contribution in [-0.4, -0.2) is 40.9 Å². The first-order valence-corrected chi connectivity index (χ1v) is 12.8. The lowest BCUT2D eigenvalue weighted by molar-refractivity contribution is -0.128. The maximum atomic E-state index is 12.4. The van der Waals surface area contributed by atoms with Crippen LogP contribution in [0, 0.1) is 0 Å². The highest BCUT2D eigenvalue weighted by Crippen LogP contribution is 2.51. The smallest absolute Gasteiger partial charge is 0.249 e. The summed E-state index contributed by atoms with van der Waals surface area (Å²) in [7, 11) is -1.90. The lowest BCUT2D eigenvalue weighted by atomic mass is 9.85. The third kappa shape index (κ3) is 3.90. The molecule has 23 heavy (non-hydrogen) atoms. The number of thioether (sulfide) groups is 2. The Kier molecular flexibility index (Phi) is 6.31. The summed E-state index contributed by atoms with van der Waals surface area (Å²) in [5, 5.41) is 0.116. The molecule has 0 aromatic carbocycles. The maximum absolute atomic E-state index is 12.4. The van der Waals surface area contributed by atoms with E-state index in [1.165, 1.54) is 25.6 Å². The predicted molar refractivity (Wildman–Crippen MR) is 105 cm³/mol. The van der Waals surface area contributed by atoms with E-state index in [9.17, 15) is 9.59 Å². The van der Waals surface area contributed by atoms with Crippen molar-refractivity contribution in [3.05, 3.63) is 12.3 Å². The predicted octanol–water partition coefficient (Wildman–Crippen LogP) is 4.68. The molecule has 132 valence electrons. The standard InChI is InChI=1S/C17H30O3S2Si/c1-13(18)17(14(2)19)16(6,21-11-12-22-17)9-10-20-23(7,8)15(3,4)5/h9-10H,11-12H2,1-8H3/b10-9-. The number of rotatable bonds is 5. The quantitative estimate of drug-likeness (QED) is 0.397. The molecule has 0 aliphatic carbocycles. The highest BCUT2D eigenvalue weighted by atomic mass is 32.2. The largest absolute Gasteiger partial charge is 0.549 e. The van der Waals surface area contributed by atoms with Crippen molar-refractivity contribution in [1.29, 1.82) is 0 Å². The van der Waals surface area contributed by atoms with Crippen LogP contribution in [0.25, 0.3) is 0 Å². The van der Waals surface area contributed by atoms with E-state index in [1.807, 2.05) is 13.0 Å². The topological polar surface area (TPSA) is 43.4 Å². The van der Waals surface area contributed by atoms with Gasteiger partial charge in [0.15, 0.2) is 11.6 Å². The summed E-state index contributed by atoms with van der Waals surface area (Å²) in [4.78, 5) is 24.8. The first kappa shape index (κ1) is 20.8. The SMILES string of the molecule is CC(=O)C1(C(C)=O)SCCSC1(C)/C=C\O[Si](C)(C)C(C)(C)C. The molecule has 0 aromatic rings. The van der Waals surface area contributed by atoms with Crippen molar-refractivity contribution in [1.82, 2.24) is 0 Å². The Balaban J connectivity index is 3.13. The molecule has 6 heteroatoms. The molecule has 0 saturated carbocycles. The van der Waals surface area contributed by atoms with Crippen LogP contribution in [0.15, 0.2) is 12.3 Å². The van der Waals surface area contributed by atoms with Gasteiger partial charge >= 0.3 is 0 Å². The molecule has 1 aliphatic rings. The number of hydrogen-bond donors (Lipinski definition) is 0. The molecule has 1 saturated heterocycles. The normalized spacial score (nSPS) is 25.4. The van der Waals surface area contributed by atoms with Crippen LogP contribution in [-0.2, 0) is 14.0 Å². The van der Waals surface area contributed by atoms with Crippen LogP contribution in [0.1, 0.15) is 41.5 Å². The molecular formula is C17H30O3S2Si. The third-order valence-electron chi connectivity index (χ3n) is 5.05. The Morgan fingerprint density at radius 2 is 1.57 bits per heavy atom. The molecule has 1 heterocycles. The van der Waals surface area contributed by atoms with Crippen LogP contribution in [0.3, 0.4) is 0 Å².